The largest absolute Gasteiger partial charge is 0.440 e. The Hall–Kier alpha value is -1.26. The van der Waals surface area contributed by atoms with Crippen LogP contribution in [0.5, 0.6) is 0 Å². The van der Waals surface area contributed by atoms with Gasteiger partial charge in [0, 0.05) is 11.8 Å². The quantitative estimate of drug-likeness (QED) is 0.768. The number of rotatable bonds is 7. The Kier molecular flexibility index (Phi) is 5.88. The number of nitrogens with zero attached hydrogens (tertiary/aromatic N) is 1. The van der Waals surface area contributed by atoms with Crippen LogP contribution in [0.25, 0.3) is 0 Å². The van der Waals surface area contributed by atoms with Crippen molar-refractivity contribution in [1.82, 2.24) is 10.3 Å². The molecule has 0 amide bonds. The van der Waals surface area contributed by atoms with Crippen LogP contribution in [-0.2, 0) is 0 Å². The van der Waals surface area contributed by atoms with Gasteiger partial charge in [0.05, 0.1) is 5.69 Å². The number of aromatic nitrogens is 1. The van der Waals surface area contributed by atoms with Gasteiger partial charge >= 0.3 is 0 Å². The predicted molar refractivity (Wildman–Crippen MR) is 88.9 cm³/mol. The van der Waals surface area contributed by atoms with Crippen molar-refractivity contribution < 1.29 is 4.42 Å². The van der Waals surface area contributed by atoms with E-state index in [9.17, 15) is 0 Å². The fourth-order valence-corrected chi connectivity index (χ4v) is 3.28. The summed E-state index contributed by atoms with van der Waals surface area (Å²) in [4.78, 5) is 4.36. The fourth-order valence-electron chi connectivity index (χ4n) is 2.35. The van der Waals surface area contributed by atoms with Crippen LogP contribution in [0.1, 0.15) is 41.8 Å². The third-order valence-corrected chi connectivity index (χ3v) is 4.35. The van der Waals surface area contributed by atoms with Gasteiger partial charge in [0.1, 0.15) is 6.26 Å². The monoisotopic (exact) mass is 304 g/mol. The first-order valence-electron chi connectivity index (χ1n) is 7.45. The Bertz CT molecular complexity index is 580. The van der Waals surface area contributed by atoms with Gasteiger partial charge in [-0.1, -0.05) is 42.4 Å². The topological polar surface area (TPSA) is 38.1 Å². The average Bonchev–Trinajstić information content (AvgIpc) is 2.86. The molecule has 0 aliphatic rings. The molecule has 0 bridgehead atoms. The Balaban J connectivity index is 2.09. The summed E-state index contributed by atoms with van der Waals surface area (Å²) in [5, 5.41) is 4.38. The molecule has 1 aromatic heterocycles. The highest BCUT2D eigenvalue weighted by Crippen LogP contribution is 2.26. The molecule has 1 atom stereocenters. The van der Waals surface area contributed by atoms with Gasteiger partial charge < -0.3 is 9.73 Å². The van der Waals surface area contributed by atoms with E-state index >= 15 is 0 Å². The minimum Gasteiger partial charge on any atom is -0.440 e. The maximum absolute atomic E-state index is 5.43. The van der Waals surface area contributed by atoms with Gasteiger partial charge in [-0.05, 0) is 44.9 Å². The van der Waals surface area contributed by atoms with Crippen LogP contribution >= 0.6 is 11.8 Å². The summed E-state index contributed by atoms with van der Waals surface area (Å²) in [6.07, 6.45) is 2.83. The van der Waals surface area contributed by atoms with Crippen LogP contribution in [0, 0.1) is 20.8 Å². The molecule has 1 N–H and O–H groups in total. The summed E-state index contributed by atoms with van der Waals surface area (Å²) >= 11 is 1.67. The van der Waals surface area contributed by atoms with Gasteiger partial charge in [0.2, 0.25) is 0 Å². The second-order valence-electron chi connectivity index (χ2n) is 5.43. The van der Waals surface area contributed by atoms with E-state index in [-0.39, 0.29) is 0 Å². The predicted octanol–water partition coefficient (Wildman–Crippen LogP) is 4.43. The fraction of sp³-hybridized carbons (Fsp3) is 0.471. The Morgan fingerprint density at radius 2 is 2.10 bits per heavy atom. The molecule has 0 aliphatic heterocycles. The smallest absolute Gasteiger partial charge is 0.255 e. The van der Waals surface area contributed by atoms with Crippen molar-refractivity contribution in [3.05, 3.63) is 46.8 Å². The number of thioether (sulfide) groups is 1. The van der Waals surface area contributed by atoms with Crippen molar-refractivity contribution in [2.75, 3.05) is 12.3 Å². The van der Waals surface area contributed by atoms with E-state index in [2.05, 4.69) is 49.3 Å². The molecule has 21 heavy (non-hydrogen) atoms. The molecular weight excluding hydrogens is 280 g/mol. The lowest BCUT2D eigenvalue weighted by molar-refractivity contribution is 0.452. The zero-order valence-electron chi connectivity index (χ0n) is 13.3. The highest BCUT2D eigenvalue weighted by Gasteiger charge is 2.15. The molecule has 1 unspecified atom stereocenters. The maximum atomic E-state index is 5.43. The van der Waals surface area contributed by atoms with E-state index < -0.39 is 0 Å². The van der Waals surface area contributed by atoms with Crippen molar-refractivity contribution >= 4 is 11.8 Å². The molecule has 114 valence electrons. The number of benzene rings is 1. The van der Waals surface area contributed by atoms with Gasteiger partial charge in [-0.2, -0.15) is 0 Å². The number of nitrogens with one attached hydrogen (secondary N) is 1. The number of hydrogen-bond donors (Lipinski definition) is 1. The van der Waals surface area contributed by atoms with Crippen molar-refractivity contribution in [2.45, 2.75) is 45.4 Å². The Labute approximate surface area is 131 Å². The second-order valence-corrected chi connectivity index (χ2v) is 6.40. The summed E-state index contributed by atoms with van der Waals surface area (Å²) < 4.78 is 5.43. The van der Waals surface area contributed by atoms with Gasteiger partial charge in [0.25, 0.3) is 5.22 Å². The van der Waals surface area contributed by atoms with Crippen molar-refractivity contribution in [3.63, 3.8) is 0 Å². The second kappa shape index (κ2) is 7.66. The summed E-state index contributed by atoms with van der Waals surface area (Å²) in [6, 6.07) is 6.99. The van der Waals surface area contributed by atoms with Crippen LogP contribution in [-0.4, -0.2) is 17.3 Å². The lowest BCUT2D eigenvalue weighted by atomic mass is 10.00. The number of aryl methyl sites for hydroxylation is 3. The summed E-state index contributed by atoms with van der Waals surface area (Å²) in [6.45, 7) is 9.47. The lowest BCUT2D eigenvalue weighted by Crippen LogP contribution is -2.24. The van der Waals surface area contributed by atoms with Crippen LogP contribution in [0.3, 0.4) is 0 Å². The van der Waals surface area contributed by atoms with E-state index in [0.29, 0.717) is 6.04 Å². The highest BCUT2D eigenvalue weighted by molar-refractivity contribution is 7.99. The Morgan fingerprint density at radius 1 is 1.29 bits per heavy atom. The van der Waals surface area contributed by atoms with E-state index in [4.69, 9.17) is 4.42 Å². The van der Waals surface area contributed by atoms with Gasteiger partial charge in [-0.15, -0.1) is 0 Å². The van der Waals surface area contributed by atoms with E-state index in [1.165, 1.54) is 16.7 Å². The zero-order chi connectivity index (χ0) is 15.2. The normalized spacial score (nSPS) is 12.6. The summed E-state index contributed by atoms with van der Waals surface area (Å²) in [5.74, 6) is 0.920. The van der Waals surface area contributed by atoms with E-state index in [1.54, 1.807) is 18.0 Å². The number of oxazole rings is 1. The third kappa shape index (κ3) is 4.61. The van der Waals surface area contributed by atoms with Crippen molar-refractivity contribution in [2.24, 2.45) is 0 Å². The van der Waals surface area contributed by atoms with Gasteiger partial charge in [-0.3, -0.25) is 0 Å². The molecule has 1 heterocycles. The molecule has 0 saturated heterocycles. The first-order valence-corrected chi connectivity index (χ1v) is 8.44. The molecule has 0 fully saturated rings. The molecule has 2 aromatic rings. The lowest BCUT2D eigenvalue weighted by Gasteiger charge is -2.20. The molecule has 4 heteroatoms. The zero-order valence-corrected chi connectivity index (χ0v) is 14.1. The molecular formula is C17H24N2OS. The third-order valence-electron chi connectivity index (χ3n) is 3.41. The van der Waals surface area contributed by atoms with Crippen molar-refractivity contribution in [3.8, 4) is 0 Å². The standard InChI is InChI=1S/C17H24N2OS/c1-5-8-18-16(11-21-17-19-14(4)10-20-17)15-7-6-12(2)9-13(15)3/h6-7,9-10,16,18H,5,8,11H2,1-4H3. The first kappa shape index (κ1) is 16.1. The molecule has 1 aromatic carbocycles. The summed E-state index contributed by atoms with van der Waals surface area (Å²) in [5.41, 5.74) is 4.95. The highest BCUT2D eigenvalue weighted by atomic mass is 32.2. The van der Waals surface area contributed by atoms with Crippen molar-refractivity contribution in [1.29, 1.82) is 0 Å². The molecule has 2 rings (SSSR count). The first-order chi connectivity index (χ1) is 10.1. The van der Waals surface area contributed by atoms with Crippen LogP contribution in [0.15, 0.2) is 34.1 Å². The minimum atomic E-state index is 0.322. The molecule has 0 aliphatic carbocycles. The van der Waals surface area contributed by atoms with Gasteiger partial charge in [-0.25, -0.2) is 4.98 Å². The van der Waals surface area contributed by atoms with Gasteiger partial charge in [0.15, 0.2) is 0 Å². The SMILES string of the molecule is CCCNC(CSc1nc(C)co1)c1ccc(C)cc1C. The molecule has 0 spiro atoms. The Morgan fingerprint density at radius 3 is 2.71 bits per heavy atom. The number of hydrogen-bond acceptors (Lipinski definition) is 4. The van der Waals surface area contributed by atoms with Crippen LogP contribution in [0.4, 0.5) is 0 Å². The summed E-state index contributed by atoms with van der Waals surface area (Å²) in [7, 11) is 0. The molecule has 3 nitrogen and oxygen atoms in total. The van der Waals surface area contributed by atoms with Crippen LogP contribution in [0.2, 0.25) is 0 Å². The average molecular weight is 304 g/mol. The minimum absolute atomic E-state index is 0.322. The van der Waals surface area contributed by atoms with Crippen LogP contribution < -0.4 is 5.32 Å². The molecule has 0 saturated carbocycles. The molecule has 0 radical (unpaired) electrons. The maximum Gasteiger partial charge on any atom is 0.255 e. The van der Waals surface area contributed by atoms with E-state index in [1.807, 2.05) is 6.92 Å². The van der Waals surface area contributed by atoms with E-state index in [0.717, 1.165) is 29.6 Å².